The van der Waals surface area contributed by atoms with Crippen molar-refractivity contribution in [1.29, 1.82) is 0 Å². The zero-order valence-electron chi connectivity index (χ0n) is 16.3. The quantitative estimate of drug-likeness (QED) is 0.612. The number of hydrogen-bond donors (Lipinski definition) is 1. The van der Waals surface area contributed by atoms with Gasteiger partial charge in [-0.05, 0) is 35.8 Å². The van der Waals surface area contributed by atoms with E-state index in [0.29, 0.717) is 29.2 Å². The first-order valence-corrected chi connectivity index (χ1v) is 10.3. The molecule has 0 spiro atoms. The summed E-state index contributed by atoms with van der Waals surface area (Å²) in [6, 6.07) is 14.9. The van der Waals surface area contributed by atoms with E-state index in [1.54, 1.807) is 24.3 Å². The molecule has 150 valence electrons. The number of carbonyl (C=O) groups is 3. The number of nitrogens with zero attached hydrogens (tertiary/aromatic N) is 2. The molecule has 0 atom stereocenters. The van der Waals surface area contributed by atoms with Crippen molar-refractivity contribution < 1.29 is 14.4 Å². The van der Waals surface area contributed by atoms with Crippen LogP contribution in [-0.2, 0) is 11.2 Å². The monoisotopic (exact) mass is 417 g/mol. The largest absolute Gasteiger partial charge is 0.302 e. The van der Waals surface area contributed by atoms with Crippen LogP contribution in [0, 0.1) is 0 Å². The van der Waals surface area contributed by atoms with Crippen LogP contribution in [0.2, 0.25) is 0 Å². The lowest BCUT2D eigenvalue weighted by Crippen LogP contribution is -2.31. The Morgan fingerprint density at radius 1 is 1.03 bits per heavy atom. The number of benzene rings is 2. The van der Waals surface area contributed by atoms with Crippen molar-refractivity contribution in [2.75, 3.05) is 11.9 Å². The van der Waals surface area contributed by atoms with Crippen molar-refractivity contribution in [3.8, 4) is 0 Å². The van der Waals surface area contributed by atoms with Crippen LogP contribution in [0.3, 0.4) is 0 Å². The predicted molar refractivity (Wildman–Crippen MR) is 117 cm³/mol. The van der Waals surface area contributed by atoms with Crippen LogP contribution in [0.1, 0.15) is 44.5 Å². The van der Waals surface area contributed by atoms with Gasteiger partial charge in [0, 0.05) is 18.8 Å². The number of aromatic nitrogens is 1. The van der Waals surface area contributed by atoms with Crippen LogP contribution in [-0.4, -0.2) is 34.2 Å². The molecule has 1 aliphatic rings. The first-order valence-electron chi connectivity index (χ1n) is 9.46. The molecular formula is C23H19N3O3S. The van der Waals surface area contributed by atoms with Crippen molar-refractivity contribution in [3.63, 3.8) is 0 Å². The Bertz CT molecular complexity index is 1110. The second-order valence-electron chi connectivity index (χ2n) is 6.89. The number of carbonyl (C=O) groups excluding carboxylic acids is 3. The zero-order chi connectivity index (χ0) is 21.1. The summed E-state index contributed by atoms with van der Waals surface area (Å²) in [4.78, 5) is 41.6. The van der Waals surface area contributed by atoms with Gasteiger partial charge < -0.3 is 5.32 Å². The van der Waals surface area contributed by atoms with E-state index in [2.05, 4.69) is 10.3 Å². The van der Waals surface area contributed by atoms with Crippen molar-refractivity contribution in [2.45, 2.75) is 13.3 Å². The van der Waals surface area contributed by atoms with Gasteiger partial charge in [0.15, 0.2) is 5.13 Å². The van der Waals surface area contributed by atoms with Gasteiger partial charge in [0.05, 0.1) is 16.8 Å². The molecule has 2 heterocycles. The molecule has 0 saturated heterocycles. The molecule has 2 aromatic carbocycles. The second kappa shape index (κ2) is 8.42. The third-order valence-electron chi connectivity index (χ3n) is 4.73. The Morgan fingerprint density at radius 3 is 2.33 bits per heavy atom. The van der Waals surface area contributed by atoms with Gasteiger partial charge in [0.1, 0.15) is 0 Å². The Morgan fingerprint density at radius 2 is 1.70 bits per heavy atom. The van der Waals surface area contributed by atoms with E-state index in [9.17, 15) is 14.4 Å². The van der Waals surface area contributed by atoms with Crippen LogP contribution >= 0.6 is 11.3 Å². The fourth-order valence-corrected chi connectivity index (χ4v) is 3.96. The van der Waals surface area contributed by atoms with Crippen LogP contribution in [0.4, 0.5) is 5.13 Å². The van der Waals surface area contributed by atoms with Gasteiger partial charge >= 0.3 is 0 Å². The molecule has 6 nitrogen and oxygen atoms in total. The maximum absolute atomic E-state index is 12.4. The normalized spacial score (nSPS) is 13.2. The third kappa shape index (κ3) is 4.21. The average Bonchev–Trinajstić information content (AvgIpc) is 3.28. The van der Waals surface area contributed by atoms with E-state index in [1.807, 2.05) is 41.8 Å². The summed E-state index contributed by atoms with van der Waals surface area (Å²) in [6.07, 6.45) is 4.43. The lowest BCUT2D eigenvalue weighted by molar-refractivity contribution is -0.114. The Hall–Kier alpha value is -3.58. The molecular weight excluding hydrogens is 398 g/mol. The standard InChI is InChI=1S/C23H19N3O3S/c1-15(27)24-23-25-18(14-30-23)11-10-16-6-8-17(9-7-16)12-13-26-21(28)19-4-2-3-5-20(19)22(26)29/h2-11,14H,12-13H2,1H3,(H,24,25,27). The molecule has 4 rings (SSSR count). The van der Waals surface area contributed by atoms with Crippen LogP contribution < -0.4 is 5.32 Å². The second-order valence-corrected chi connectivity index (χ2v) is 7.75. The van der Waals surface area contributed by atoms with E-state index in [1.165, 1.54) is 23.2 Å². The van der Waals surface area contributed by atoms with E-state index < -0.39 is 0 Å². The van der Waals surface area contributed by atoms with Gasteiger partial charge in [-0.3, -0.25) is 19.3 Å². The topological polar surface area (TPSA) is 79.4 Å². The number of anilines is 1. The average molecular weight is 417 g/mol. The number of amides is 3. The molecule has 0 unspecified atom stereocenters. The van der Waals surface area contributed by atoms with Gasteiger partial charge in [-0.2, -0.15) is 0 Å². The van der Waals surface area contributed by atoms with Crippen molar-refractivity contribution in [2.24, 2.45) is 0 Å². The lowest BCUT2D eigenvalue weighted by atomic mass is 10.1. The number of hydrogen-bond acceptors (Lipinski definition) is 5. The number of nitrogens with one attached hydrogen (secondary N) is 1. The minimum absolute atomic E-state index is 0.142. The fourth-order valence-electron chi connectivity index (χ4n) is 3.23. The molecule has 0 aliphatic carbocycles. The zero-order valence-corrected chi connectivity index (χ0v) is 17.1. The highest BCUT2D eigenvalue weighted by molar-refractivity contribution is 7.14. The summed E-state index contributed by atoms with van der Waals surface area (Å²) < 4.78 is 0. The minimum atomic E-state index is -0.225. The third-order valence-corrected chi connectivity index (χ3v) is 5.51. The number of thiazole rings is 1. The van der Waals surface area contributed by atoms with Crippen LogP contribution in [0.15, 0.2) is 53.9 Å². The molecule has 1 aromatic heterocycles. The van der Waals surface area contributed by atoms with Crippen molar-refractivity contribution in [1.82, 2.24) is 9.88 Å². The number of rotatable bonds is 6. The van der Waals surface area contributed by atoms with E-state index in [4.69, 9.17) is 0 Å². The smallest absolute Gasteiger partial charge is 0.261 e. The highest BCUT2D eigenvalue weighted by atomic mass is 32.1. The maximum Gasteiger partial charge on any atom is 0.261 e. The Balaban J connectivity index is 1.35. The summed E-state index contributed by atoms with van der Waals surface area (Å²) in [5.74, 6) is -0.592. The summed E-state index contributed by atoms with van der Waals surface area (Å²) in [5, 5.41) is 5.11. The number of fused-ring (bicyclic) bond motifs is 1. The molecule has 0 bridgehead atoms. The molecule has 0 fully saturated rings. The predicted octanol–water partition coefficient (Wildman–Crippen LogP) is 4.11. The van der Waals surface area contributed by atoms with Crippen LogP contribution in [0.5, 0.6) is 0 Å². The highest BCUT2D eigenvalue weighted by Crippen LogP contribution is 2.23. The molecule has 1 N–H and O–H groups in total. The molecule has 30 heavy (non-hydrogen) atoms. The summed E-state index contributed by atoms with van der Waals surface area (Å²) >= 11 is 1.38. The first kappa shape index (κ1) is 19.7. The van der Waals surface area contributed by atoms with Gasteiger partial charge in [0.2, 0.25) is 5.91 Å². The van der Waals surface area contributed by atoms with Gasteiger partial charge in [-0.25, -0.2) is 4.98 Å². The molecule has 1 aliphatic heterocycles. The molecule has 3 amide bonds. The first-order chi connectivity index (χ1) is 14.5. The molecule has 0 radical (unpaired) electrons. The van der Waals surface area contributed by atoms with Gasteiger partial charge in [0.25, 0.3) is 11.8 Å². The van der Waals surface area contributed by atoms with Crippen molar-refractivity contribution in [3.05, 3.63) is 81.9 Å². The summed E-state index contributed by atoms with van der Waals surface area (Å²) in [5.41, 5.74) is 3.79. The SMILES string of the molecule is CC(=O)Nc1nc(C=Cc2ccc(CCN3C(=O)c4ccccc4C3=O)cc2)cs1. The molecule has 7 heteroatoms. The highest BCUT2D eigenvalue weighted by Gasteiger charge is 2.34. The minimum Gasteiger partial charge on any atom is -0.302 e. The Kier molecular flexibility index (Phi) is 5.54. The number of imide groups is 1. The van der Waals surface area contributed by atoms with Gasteiger partial charge in [-0.15, -0.1) is 11.3 Å². The molecule has 0 saturated carbocycles. The van der Waals surface area contributed by atoms with E-state index in [-0.39, 0.29) is 17.7 Å². The lowest BCUT2D eigenvalue weighted by Gasteiger charge is -2.13. The van der Waals surface area contributed by atoms with Crippen molar-refractivity contribution >= 4 is 46.3 Å². The maximum atomic E-state index is 12.4. The fraction of sp³-hybridized carbons (Fsp3) is 0.130. The van der Waals surface area contributed by atoms with Crippen LogP contribution in [0.25, 0.3) is 12.2 Å². The molecule has 3 aromatic rings. The summed E-state index contributed by atoms with van der Waals surface area (Å²) in [7, 11) is 0. The van der Waals surface area contributed by atoms with E-state index in [0.717, 1.165) is 16.8 Å². The summed E-state index contributed by atoms with van der Waals surface area (Å²) in [6.45, 7) is 1.80. The van der Waals surface area contributed by atoms with Gasteiger partial charge in [-0.1, -0.05) is 42.5 Å². The van der Waals surface area contributed by atoms with E-state index >= 15 is 0 Å². The Labute approximate surface area is 177 Å².